The molecule has 6 heteroatoms. The van der Waals surface area contributed by atoms with Gasteiger partial charge in [0.25, 0.3) is 5.69 Å². The number of hydrogen-bond acceptors (Lipinski definition) is 4. The van der Waals surface area contributed by atoms with E-state index in [9.17, 15) is 14.9 Å². The average molecular weight is 324 g/mol. The van der Waals surface area contributed by atoms with Gasteiger partial charge in [-0.05, 0) is 32.0 Å². The molecule has 0 saturated carbocycles. The van der Waals surface area contributed by atoms with Crippen LogP contribution in [0.25, 0.3) is 16.5 Å². The summed E-state index contributed by atoms with van der Waals surface area (Å²) in [4.78, 5) is 23.1. The maximum Gasteiger partial charge on any atom is 0.271 e. The van der Waals surface area contributed by atoms with E-state index < -0.39 is 4.92 Å². The second-order valence-corrected chi connectivity index (χ2v) is 5.49. The van der Waals surface area contributed by atoms with Gasteiger partial charge in [-0.15, -0.1) is 0 Å². The number of ether oxygens (including phenoxy) is 1. The zero-order chi connectivity index (χ0) is 17.4. The fourth-order valence-electron chi connectivity index (χ4n) is 3.13. The van der Waals surface area contributed by atoms with E-state index in [1.165, 1.54) is 18.2 Å². The molecule has 0 fully saturated rings. The molecule has 0 bridgehead atoms. The lowest BCUT2D eigenvalue weighted by Crippen LogP contribution is -2.01. The molecule has 0 spiro atoms. The normalized spacial score (nSPS) is 10.8. The molecule has 0 saturated heterocycles. The molecular formula is C18H16N2O4. The highest BCUT2D eigenvalue weighted by atomic mass is 16.6. The van der Waals surface area contributed by atoms with Crippen LogP contribution in [0.4, 0.5) is 5.69 Å². The van der Waals surface area contributed by atoms with Gasteiger partial charge in [0, 0.05) is 28.9 Å². The van der Waals surface area contributed by atoms with Crippen LogP contribution in [0.15, 0.2) is 47.3 Å². The third-order valence-electron chi connectivity index (χ3n) is 4.15. The molecule has 0 amide bonds. The van der Waals surface area contributed by atoms with E-state index in [4.69, 9.17) is 4.74 Å². The highest BCUT2D eigenvalue weighted by Gasteiger charge is 2.18. The molecule has 0 unspecified atom stereocenters. The van der Waals surface area contributed by atoms with Gasteiger partial charge in [-0.3, -0.25) is 14.9 Å². The van der Waals surface area contributed by atoms with Crippen molar-refractivity contribution in [3.63, 3.8) is 0 Å². The van der Waals surface area contributed by atoms with Gasteiger partial charge in [0.15, 0.2) is 5.43 Å². The molecule has 122 valence electrons. The van der Waals surface area contributed by atoms with E-state index in [2.05, 4.69) is 0 Å². The first-order chi connectivity index (χ1) is 11.5. The topological polar surface area (TPSA) is 74.4 Å². The lowest BCUT2D eigenvalue weighted by atomic mass is 10.2. The molecular weight excluding hydrogens is 308 g/mol. The summed E-state index contributed by atoms with van der Waals surface area (Å²) >= 11 is 0. The van der Waals surface area contributed by atoms with E-state index in [0.717, 1.165) is 16.8 Å². The number of aromatic nitrogens is 1. The summed E-state index contributed by atoms with van der Waals surface area (Å²) in [6.45, 7) is 3.70. The number of nitro benzene ring substituents is 1. The van der Waals surface area contributed by atoms with Gasteiger partial charge in [0.2, 0.25) is 0 Å². The Bertz CT molecular complexity index is 1020. The fraction of sp³-hybridized carbons (Fsp3) is 0.167. The number of nitro groups is 1. The van der Waals surface area contributed by atoms with E-state index in [1.807, 2.05) is 18.4 Å². The minimum Gasteiger partial charge on any atom is -0.496 e. The molecule has 1 aromatic heterocycles. The highest BCUT2D eigenvalue weighted by molar-refractivity contribution is 5.93. The van der Waals surface area contributed by atoms with E-state index in [-0.39, 0.29) is 11.1 Å². The van der Waals surface area contributed by atoms with Crippen molar-refractivity contribution in [2.24, 2.45) is 0 Å². The molecule has 0 atom stereocenters. The third-order valence-corrected chi connectivity index (χ3v) is 4.15. The Morgan fingerprint density at radius 1 is 1.04 bits per heavy atom. The average Bonchev–Trinajstić information content (AvgIpc) is 2.71. The number of fused-ring (bicyclic) bond motifs is 1. The summed E-state index contributed by atoms with van der Waals surface area (Å²) in [6, 6.07) is 11.3. The van der Waals surface area contributed by atoms with Crippen molar-refractivity contribution in [1.82, 2.24) is 4.57 Å². The smallest absolute Gasteiger partial charge is 0.271 e. The number of rotatable bonds is 3. The number of methoxy groups -OCH3 is 1. The minimum atomic E-state index is -0.434. The van der Waals surface area contributed by atoms with Crippen molar-refractivity contribution in [3.8, 4) is 11.4 Å². The predicted octanol–water partition coefficient (Wildman–Crippen LogP) is 3.52. The summed E-state index contributed by atoms with van der Waals surface area (Å²) in [5, 5.41) is 12.3. The molecule has 1 heterocycles. The zero-order valence-electron chi connectivity index (χ0n) is 13.6. The predicted molar refractivity (Wildman–Crippen MR) is 92.2 cm³/mol. The summed E-state index contributed by atoms with van der Waals surface area (Å²) in [6.07, 6.45) is 0. The molecule has 0 aliphatic heterocycles. The number of benzene rings is 1. The van der Waals surface area contributed by atoms with Crippen LogP contribution in [-0.2, 0) is 0 Å². The molecule has 0 aliphatic rings. The summed E-state index contributed by atoms with van der Waals surface area (Å²) < 4.78 is 7.28. The lowest BCUT2D eigenvalue weighted by molar-refractivity contribution is -0.384. The molecule has 0 aliphatic carbocycles. The Morgan fingerprint density at radius 3 is 2.38 bits per heavy atom. The Morgan fingerprint density at radius 2 is 1.71 bits per heavy atom. The first kappa shape index (κ1) is 15.7. The SMILES string of the molecule is COc1cccc(=O)c2c(C)n(-c3cccc([N+](=O)[O-])c3)c(C)c12. The van der Waals surface area contributed by atoms with Gasteiger partial charge in [-0.25, -0.2) is 0 Å². The van der Waals surface area contributed by atoms with Gasteiger partial charge in [0.1, 0.15) is 5.75 Å². The molecule has 3 rings (SSSR count). The Labute approximate surface area is 138 Å². The quantitative estimate of drug-likeness (QED) is 0.546. The van der Waals surface area contributed by atoms with Crippen LogP contribution in [0.5, 0.6) is 5.75 Å². The van der Waals surface area contributed by atoms with Crippen LogP contribution in [0.2, 0.25) is 0 Å². The number of hydrogen-bond donors (Lipinski definition) is 0. The van der Waals surface area contributed by atoms with Crippen LogP contribution in [0.1, 0.15) is 11.4 Å². The third kappa shape index (κ3) is 2.32. The minimum absolute atomic E-state index is 0.00363. The standard InChI is InChI=1S/C18H16N2O4/c1-11-17-15(21)8-5-9-16(24-3)18(17)12(2)19(11)13-6-4-7-14(10-13)20(22)23/h4-10H,1-3H3. The van der Waals surface area contributed by atoms with Crippen LogP contribution in [-0.4, -0.2) is 16.6 Å². The first-order valence-corrected chi connectivity index (χ1v) is 7.39. The Balaban J connectivity index is 2.44. The van der Waals surface area contributed by atoms with Gasteiger partial charge < -0.3 is 9.30 Å². The van der Waals surface area contributed by atoms with Gasteiger partial charge >= 0.3 is 0 Å². The second kappa shape index (κ2) is 5.81. The summed E-state index contributed by atoms with van der Waals surface area (Å²) in [7, 11) is 1.55. The monoisotopic (exact) mass is 324 g/mol. The van der Waals surface area contributed by atoms with Crippen molar-refractivity contribution < 1.29 is 9.66 Å². The van der Waals surface area contributed by atoms with Crippen molar-refractivity contribution in [1.29, 1.82) is 0 Å². The fourth-order valence-corrected chi connectivity index (χ4v) is 3.13. The van der Waals surface area contributed by atoms with E-state index in [1.54, 1.807) is 31.4 Å². The number of nitrogens with zero attached hydrogens (tertiary/aromatic N) is 2. The molecule has 6 nitrogen and oxygen atoms in total. The largest absolute Gasteiger partial charge is 0.496 e. The van der Waals surface area contributed by atoms with Crippen LogP contribution < -0.4 is 10.2 Å². The summed E-state index contributed by atoms with van der Waals surface area (Å²) in [5.74, 6) is 0.594. The van der Waals surface area contributed by atoms with Gasteiger partial charge in [0.05, 0.1) is 23.1 Å². The van der Waals surface area contributed by atoms with Crippen LogP contribution in [0, 0.1) is 24.0 Å². The maximum atomic E-state index is 12.5. The number of non-ortho nitro benzene ring substituents is 1. The molecule has 0 radical (unpaired) electrons. The number of aryl methyl sites for hydroxylation is 2. The van der Waals surface area contributed by atoms with Gasteiger partial charge in [-0.1, -0.05) is 12.1 Å². The van der Waals surface area contributed by atoms with E-state index >= 15 is 0 Å². The highest BCUT2D eigenvalue weighted by Crippen LogP contribution is 2.33. The molecule has 3 aromatic rings. The van der Waals surface area contributed by atoms with Crippen molar-refractivity contribution >= 4 is 16.5 Å². The van der Waals surface area contributed by atoms with Gasteiger partial charge in [-0.2, -0.15) is 0 Å². The molecule has 24 heavy (non-hydrogen) atoms. The second-order valence-electron chi connectivity index (χ2n) is 5.49. The van der Waals surface area contributed by atoms with Crippen molar-refractivity contribution in [2.45, 2.75) is 13.8 Å². The summed E-state index contributed by atoms with van der Waals surface area (Å²) in [5.41, 5.74) is 2.05. The van der Waals surface area contributed by atoms with E-state index in [0.29, 0.717) is 16.8 Å². The lowest BCUT2D eigenvalue weighted by Gasteiger charge is -2.09. The van der Waals surface area contributed by atoms with Crippen molar-refractivity contribution in [3.05, 3.63) is 74.2 Å². The Kier molecular flexibility index (Phi) is 3.81. The van der Waals surface area contributed by atoms with Crippen molar-refractivity contribution in [2.75, 3.05) is 7.11 Å². The zero-order valence-corrected chi connectivity index (χ0v) is 13.6. The molecule has 2 aromatic carbocycles. The Hall–Kier alpha value is -3.15. The van der Waals surface area contributed by atoms with Crippen LogP contribution in [0.3, 0.4) is 0 Å². The first-order valence-electron chi connectivity index (χ1n) is 7.39. The van der Waals surface area contributed by atoms with Crippen LogP contribution >= 0.6 is 0 Å². The maximum absolute atomic E-state index is 12.5. The molecule has 0 N–H and O–H groups in total.